The Morgan fingerprint density at radius 3 is 2.91 bits per heavy atom. The van der Waals surface area contributed by atoms with E-state index in [1.54, 1.807) is 25.3 Å². The monoisotopic (exact) mass is 486 g/mol. The third kappa shape index (κ3) is 4.89. The summed E-state index contributed by atoms with van der Waals surface area (Å²) in [5.74, 6) is 0.600. The van der Waals surface area contributed by atoms with Crippen LogP contribution in [0.1, 0.15) is 41.0 Å². The number of imidazole rings is 1. The van der Waals surface area contributed by atoms with Gasteiger partial charge in [-0.1, -0.05) is 29.8 Å². The fourth-order valence-electron chi connectivity index (χ4n) is 3.60. The number of benzene rings is 1. The second-order valence-electron chi connectivity index (χ2n) is 7.40. The SMILES string of the molecule is CCOC(=O)NC1C=Cn2c(-c3cc(O[C@@H](C)c4ccccc4Cl)c(C(N)=O)s3)cnc2C1. The zero-order valence-corrected chi connectivity index (χ0v) is 19.7. The molecule has 0 saturated heterocycles. The molecule has 3 aromatic rings. The highest BCUT2D eigenvalue weighted by atomic mass is 35.5. The van der Waals surface area contributed by atoms with Crippen molar-refractivity contribution in [1.29, 1.82) is 0 Å². The van der Waals surface area contributed by atoms with Gasteiger partial charge in [0.05, 0.1) is 29.4 Å². The number of alkyl carbamates (subject to hydrolysis) is 1. The lowest BCUT2D eigenvalue weighted by Crippen LogP contribution is -2.37. The number of carbonyl (C=O) groups excluding carboxylic acids is 2. The van der Waals surface area contributed by atoms with E-state index in [1.807, 2.05) is 42.0 Å². The fraction of sp³-hybridized carbons (Fsp3) is 0.261. The highest BCUT2D eigenvalue weighted by Crippen LogP contribution is 2.39. The number of primary amides is 1. The van der Waals surface area contributed by atoms with Gasteiger partial charge >= 0.3 is 6.09 Å². The van der Waals surface area contributed by atoms with Crippen molar-refractivity contribution in [2.24, 2.45) is 5.73 Å². The molecule has 0 saturated carbocycles. The predicted molar refractivity (Wildman–Crippen MR) is 128 cm³/mol. The van der Waals surface area contributed by atoms with E-state index in [1.165, 1.54) is 11.3 Å². The quantitative estimate of drug-likeness (QED) is 0.505. The minimum atomic E-state index is -0.569. The Balaban J connectivity index is 1.59. The highest BCUT2D eigenvalue weighted by molar-refractivity contribution is 7.17. The Morgan fingerprint density at radius 1 is 1.39 bits per heavy atom. The Hall–Kier alpha value is -3.30. The zero-order valence-electron chi connectivity index (χ0n) is 18.1. The number of hydrogen-bond acceptors (Lipinski definition) is 6. The molecule has 0 fully saturated rings. The summed E-state index contributed by atoms with van der Waals surface area (Å²) in [7, 11) is 0. The van der Waals surface area contributed by atoms with Gasteiger partial charge in [0.25, 0.3) is 5.91 Å². The van der Waals surface area contributed by atoms with Crippen LogP contribution in [-0.2, 0) is 11.2 Å². The number of nitrogens with zero attached hydrogens (tertiary/aromatic N) is 2. The average Bonchev–Trinajstić information content (AvgIpc) is 3.38. The maximum absolute atomic E-state index is 12.1. The molecule has 0 spiro atoms. The van der Waals surface area contributed by atoms with E-state index >= 15 is 0 Å². The number of nitrogens with two attached hydrogens (primary N) is 1. The van der Waals surface area contributed by atoms with E-state index in [4.69, 9.17) is 26.8 Å². The maximum Gasteiger partial charge on any atom is 0.407 e. The summed E-state index contributed by atoms with van der Waals surface area (Å²) in [5, 5.41) is 3.37. The molecule has 8 nitrogen and oxygen atoms in total. The molecule has 3 N–H and O–H groups in total. The molecule has 1 aromatic carbocycles. The molecule has 10 heteroatoms. The summed E-state index contributed by atoms with van der Waals surface area (Å²) >= 11 is 7.53. The number of aromatic nitrogens is 2. The molecule has 1 unspecified atom stereocenters. The topological polar surface area (TPSA) is 108 Å². The molecule has 1 aliphatic heterocycles. The highest BCUT2D eigenvalue weighted by Gasteiger charge is 2.24. The normalized spacial score (nSPS) is 15.5. The van der Waals surface area contributed by atoms with Crippen molar-refractivity contribution in [2.45, 2.75) is 32.4 Å². The molecular formula is C23H23ClN4O4S. The number of nitrogens with one attached hydrogen (secondary N) is 1. The third-order valence-corrected chi connectivity index (χ3v) is 6.64. The van der Waals surface area contributed by atoms with E-state index in [9.17, 15) is 9.59 Å². The summed E-state index contributed by atoms with van der Waals surface area (Å²) in [5.41, 5.74) is 7.24. The minimum Gasteiger partial charge on any atom is -0.484 e. The van der Waals surface area contributed by atoms with E-state index in [-0.39, 0.29) is 12.1 Å². The number of halogens is 1. The van der Waals surface area contributed by atoms with Crippen LogP contribution >= 0.6 is 22.9 Å². The summed E-state index contributed by atoms with van der Waals surface area (Å²) in [6.07, 6.45) is 5.10. The van der Waals surface area contributed by atoms with Gasteiger partial charge in [-0.15, -0.1) is 11.3 Å². The van der Waals surface area contributed by atoms with Crippen molar-refractivity contribution >= 4 is 41.1 Å². The largest absolute Gasteiger partial charge is 0.484 e. The van der Waals surface area contributed by atoms with Crippen LogP contribution < -0.4 is 15.8 Å². The van der Waals surface area contributed by atoms with Crippen LogP contribution in [-0.4, -0.2) is 34.2 Å². The minimum absolute atomic E-state index is 0.216. The van der Waals surface area contributed by atoms with Crippen LogP contribution in [0.25, 0.3) is 16.8 Å². The van der Waals surface area contributed by atoms with Gasteiger partial charge in [0.15, 0.2) is 0 Å². The molecule has 0 bridgehead atoms. The molecule has 4 rings (SSSR count). The molecule has 1 aliphatic rings. The van der Waals surface area contributed by atoms with Gasteiger partial charge in [0.2, 0.25) is 0 Å². The lowest BCUT2D eigenvalue weighted by molar-refractivity contribution is 0.0998. The number of hydrogen-bond donors (Lipinski definition) is 2. The first-order chi connectivity index (χ1) is 15.9. The predicted octanol–water partition coefficient (Wildman–Crippen LogP) is 4.65. The molecule has 2 amide bonds. The number of amides is 2. The van der Waals surface area contributed by atoms with Crippen LogP contribution in [0, 0.1) is 0 Å². The van der Waals surface area contributed by atoms with Crippen LogP contribution in [0.3, 0.4) is 0 Å². The van der Waals surface area contributed by atoms with Crippen molar-refractivity contribution in [1.82, 2.24) is 14.9 Å². The van der Waals surface area contributed by atoms with Gasteiger partial charge in [-0.05, 0) is 26.0 Å². The average molecular weight is 487 g/mol. The Kier molecular flexibility index (Phi) is 6.71. The molecule has 0 aliphatic carbocycles. The molecule has 2 atom stereocenters. The van der Waals surface area contributed by atoms with Crippen LogP contribution in [0.2, 0.25) is 5.02 Å². The zero-order chi connectivity index (χ0) is 23.5. The standard InChI is InChI=1S/C23H23ClN4O4S/c1-3-31-23(30)27-14-8-9-28-17(12-26-20(28)10-14)19-11-18(21(33-19)22(25)29)32-13(2)15-6-4-5-7-16(15)24/h4-9,11-14H,3,10H2,1-2H3,(H2,25,29)(H,27,30)/t13-,14?/m0/s1. The van der Waals surface area contributed by atoms with Crippen molar-refractivity contribution in [3.05, 3.63) is 63.9 Å². The molecule has 33 heavy (non-hydrogen) atoms. The smallest absolute Gasteiger partial charge is 0.407 e. The van der Waals surface area contributed by atoms with Crippen molar-refractivity contribution in [3.8, 4) is 16.3 Å². The molecular weight excluding hydrogens is 464 g/mol. The summed E-state index contributed by atoms with van der Waals surface area (Å²) in [4.78, 5) is 29.4. The number of rotatable bonds is 7. The van der Waals surface area contributed by atoms with Crippen LogP contribution in [0.4, 0.5) is 4.79 Å². The summed E-state index contributed by atoms with van der Waals surface area (Å²) < 4.78 is 13.0. The van der Waals surface area contributed by atoms with Crippen molar-refractivity contribution in [2.75, 3.05) is 6.61 Å². The molecule has 2 aromatic heterocycles. The third-order valence-electron chi connectivity index (χ3n) is 5.14. The first kappa shape index (κ1) is 22.9. The number of thiophene rings is 1. The van der Waals surface area contributed by atoms with Gasteiger partial charge in [-0.3, -0.25) is 4.79 Å². The number of ether oxygens (including phenoxy) is 2. The van der Waals surface area contributed by atoms with E-state index in [0.717, 1.165) is 22.0 Å². The Bertz CT molecular complexity index is 1220. The lowest BCUT2D eigenvalue weighted by atomic mass is 10.1. The van der Waals surface area contributed by atoms with Gasteiger partial charge in [0, 0.05) is 29.3 Å². The second-order valence-corrected chi connectivity index (χ2v) is 8.86. The molecule has 0 radical (unpaired) electrons. The lowest BCUT2D eigenvalue weighted by Gasteiger charge is -2.19. The van der Waals surface area contributed by atoms with Crippen LogP contribution in [0.15, 0.2) is 42.6 Å². The van der Waals surface area contributed by atoms with Crippen molar-refractivity contribution < 1.29 is 19.1 Å². The first-order valence-corrected chi connectivity index (χ1v) is 11.6. The van der Waals surface area contributed by atoms with E-state index in [0.29, 0.717) is 28.7 Å². The Morgan fingerprint density at radius 2 is 2.18 bits per heavy atom. The van der Waals surface area contributed by atoms with Crippen molar-refractivity contribution in [3.63, 3.8) is 0 Å². The van der Waals surface area contributed by atoms with Gasteiger partial charge in [-0.2, -0.15) is 0 Å². The molecule has 172 valence electrons. The number of fused-ring (bicyclic) bond motifs is 1. The van der Waals surface area contributed by atoms with Gasteiger partial charge < -0.3 is 25.1 Å². The molecule has 3 heterocycles. The second kappa shape index (κ2) is 9.68. The first-order valence-electron chi connectivity index (χ1n) is 10.4. The maximum atomic E-state index is 12.1. The van der Waals surface area contributed by atoms with Gasteiger partial charge in [0.1, 0.15) is 22.6 Å². The van der Waals surface area contributed by atoms with E-state index in [2.05, 4.69) is 10.3 Å². The number of carbonyl (C=O) groups is 2. The Labute approximate surface area is 200 Å². The van der Waals surface area contributed by atoms with E-state index < -0.39 is 12.0 Å². The fourth-order valence-corrected chi connectivity index (χ4v) is 4.83. The van der Waals surface area contributed by atoms with Gasteiger partial charge in [-0.25, -0.2) is 9.78 Å². The summed E-state index contributed by atoms with van der Waals surface area (Å²) in [6, 6.07) is 8.97. The van der Waals surface area contributed by atoms with Crippen LogP contribution in [0.5, 0.6) is 5.75 Å². The summed E-state index contributed by atoms with van der Waals surface area (Å²) in [6.45, 7) is 3.92.